The predicted octanol–water partition coefficient (Wildman–Crippen LogP) is 4.77. The number of rotatable bonds is 9. The van der Waals surface area contributed by atoms with E-state index in [0.29, 0.717) is 18.4 Å². The molecule has 0 saturated carbocycles. The molecule has 1 aromatic heterocycles. The second kappa shape index (κ2) is 10.8. The number of amides is 1. The van der Waals surface area contributed by atoms with Crippen molar-refractivity contribution in [1.29, 1.82) is 0 Å². The van der Waals surface area contributed by atoms with Gasteiger partial charge >= 0.3 is 11.6 Å². The van der Waals surface area contributed by atoms with Crippen molar-refractivity contribution >= 4 is 22.8 Å². The number of hydrogen-bond donors (Lipinski definition) is 1. The van der Waals surface area contributed by atoms with Crippen LogP contribution in [0.15, 0.2) is 70.4 Å². The lowest BCUT2D eigenvalue weighted by Gasteiger charge is -2.19. The van der Waals surface area contributed by atoms with E-state index in [1.54, 1.807) is 12.1 Å². The molecule has 7 heteroatoms. The zero-order valence-corrected chi connectivity index (χ0v) is 19.7. The quantitative estimate of drug-likeness (QED) is 0.161. The number of hydrogen-bond acceptors (Lipinski definition) is 6. The van der Waals surface area contributed by atoms with Gasteiger partial charge in [-0.2, -0.15) is 0 Å². The van der Waals surface area contributed by atoms with Gasteiger partial charge in [0.2, 0.25) is 0 Å². The molecular formula is C27H29NO6. The first-order valence-electron chi connectivity index (χ1n) is 11.1. The Morgan fingerprint density at radius 2 is 1.76 bits per heavy atom. The molecule has 1 amide bonds. The van der Waals surface area contributed by atoms with Gasteiger partial charge in [-0.05, 0) is 47.7 Å². The van der Waals surface area contributed by atoms with Crippen molar-refractivity contribution in [3.8, 4) is 11.5 Å². The van der Waals surface area contributed by atoms with Crippen LogP contribution in [-0.2, 0) is 10.2 Å². The molecule has 0 atom stereocenters. The van der Waals surface area contributed by atoms with Gasteiger partial charge in [-0.1, -0.05) is 39.0 Å². The number of carbonyl (C=O) groups is 2. The highest BCUT2D eigenvalue weighted by Gasteiger charge is 2.15. The molecular weight excluding hydrogens is 434 g/mol. The van der Waals surface area contributed by atoms with Gasteiger partial charge in [-0.3, -0.25) is 9.59 Å². The van der Waals surface area contributed by atoms with E-state index in [2.05, 4.69) is 32.7 Å². The minimum absolute atomic E-state index is 0.0793. The molecule has 34 heavy (non-hydrogen) atoms. The zero-order chi connectivity index (χ0) is 24.7. The first-order chi connectivity index (χ1) is 16.2. The number of benzene rings is 2. The number of carbonyl (C=O) groups excluding carboxylic acids is 2. The van der Waals surface area contributed by atoms with Gasteiger partial charge in [0.15, 0.2) is 0 Å². The van der Waals surface area contributed by atoms with Crippen LogP contribution in [0.25, 0.3) is 11.0 Å². The van der Waals surface area contributed by atoms with Crippen molar-refractivity contribution in [3.63, 3.8) is 0 Å². The van der Waals surface area contributed by atoms with Crippen LogP contribution in [0.5, 0.6) is 11.5 Å². The highest BCUT2D eigenvalue weighted by molar-refractivity contribution is 5.96. The van der Waals surface area contributed by atoms with Crippen molar-refractivity contribution in [2.45, 2.75) is 39.0 Å². The summed E-state index contributed by atoms with van der Waals surface area (Å²) in [4.78, 5) is 36.4. The Morgan fingerprint density at radius 3 is 2.44 bits per heavy atom. The number of fused-ring (bicyclic) bond motifs is 1. The van der Waals surface area contributed by atoms with E-state index in [1.165, 1.54) is 23.8 Å². The summed E-state index contributed by atoms with van der Waals surface area (Å²) in [6.07, 6.45) is 2.17. The van der Waals surface area contributed by atoms with Gasteiger partial charge < -0.3 is 19.2 Å². The van der Waals surface area contributed by atoms with Crippen LogP contribution in [0.2, 0.25) is 0 Å². The molecule has 0 bridgehead atoms. The second-order valence-electron chi connectivity index (χ2n) is 8.85. The van der Waals surface area contributed by atoms with Gasteiger partial charge in [0.05, 0.1) is 6.61 Å². The first kappa shape index (κ1) is 24.8. The van der Waals surface area contributed by atoms with Gasteiger partial charge in [0.25, 0.3) is 5.91 Å². The summed E-state index contributed by atoms with van der Waals surface area (Å²) in [5.74, 6) is 0.0406. The summed E-state index contributed by atoms with van der Waals surface area (Å²) >= 11 is 0. The molecule has 1 heterocycles. The SMILES string of the molecule is C=CCNC(=O)c1cc2ccc(OC(=O)CCCOc3ccc(C(C)(C)C)cc3)cc2oc1=O. The smallest absolute Gasteiger partial charge is 0.349 e. The van der Waals surface area contributed by atoms with E-state index in [-0.39, 0.29) is 35.3 Å². The topological polar surface area (TPSA) is 94.8 Å². The Balaban J connectivity index is 1.52. The van der Waals surface area contributed by atoms with Gasteiger partial charge in [-0.25, -0.2) is 4.79 Å². The predicted molar refractivity (Wildman–Crippen MR) is 131 cm³/mol. The van der Waals surface area contributed by atoms with Crippen molar-refractivity contribution in [1.82, 2.24) is 5.32 Å². The molecule has 0 unspecified atom stereocenters. The molecule has 0 spiro atoms. The summed E-state index contributed by atoms with van der Waals surface area (Å²) < 4.78 is 16.3. The third-order valence-corrected chi connectivity index (χ3v) is 5.11. The fourth-order valence-corrected chi connectivity index (χ4v) is 3.21. The number of ether oxygens (including phenoxy) is 2. The van der Waals surface area contributed by atoms with E-state index < -0.39 is 17.5 Å². The van der Waals surface area contributed by atoms with E-state index in [9.17, 15) is 14.4 Å². The molecule has 7 nitrogen and oxygen atoms in total. The van der Waals surface area contributed by atoms with Gasteiger partial charge in [0.1, 0.15) is 22.6 Å². The van der Waals surface area contributed by atoms with Crippen LogP contribution in [0.4, 0.5) is 0 Å². The monoisotopic (exact) mass is 463 g/mol. The molecule has 0 aliphatic heterocycles. The number of nitrogens with one attached hydrogen (secondary N) is 1. The Hall–Kier alpha value is -3.87. The molecule has 178 valence electrons. The second-order valence-corrected chi connectivity index (χ2v) is 8.85. The molecule has 0 radical (unpaired) electrons. The normalized spacial score (nSPS) is 11.1. The highest BCUT2D eigenvalue weighted by atomic mass is 16.5. The van der Waals surface area contributed by atoms with Crippen molar-refractivity contribution in [3.05, 3.63) is 82.7 Å². The fraction of sp³-hybridized carbons (Fsp3) is 0.296. The summed E-state index contributed by atoms with van der Waals surface area (Å²) in [5.41, 5.74) is 0.646. The largest absolute Gasteiger partial charge is 0.494 e. The molecule has 2 aromatic carbocycles. The molecule has 3 rings (SSSR count). The highest BCUT2D eigenvalue weighted by Crippen LogP contribution is 2.24. The molecule has 0 saturated heterocycles. The van der Waals surface area contributed by atoms with E-state index in [1.807, 2.05) is 24.3 Å². The first-order valence-corrected chi connectivity index (χ1v) is 11.1. The summed E-state index contributed by atoms with van der Waals surface area (Å²) in [6.45, 7) is 10.6. The molecule has 1 N–H and O–H groups in total. The summed E-state index contributed by atoms with van der Waals surface area (Å²) in [6, 6.07) is 14.0. The maximum Gasteiger partial charge on any atom is 0.349 e. The van der Waals surface area contributed by atoms with Crippen LogP contribution in [-0.4, -0.2) is 25.0 Å². The van der Waals surface area contributed by atoms with Crippen LogP contribution < -0.4 is 20.4 Å². The minimum Gasteiger partial charge on any atom is -0.494 e. The average molecular weight is 464 g/mol. The Morgan fingerprint density at radius 1 is 1.06 bits per heavy atom. The van der Waals surface area contributed by atoms with Crippen LogP contribution in [0.1, 0.15) is 49.5 Å². The standard InChI is InChI=1S/C27H29NO6/c1-5-14-28-25(30)22-16-18-8-11-21(17-23(18)34-26(22)31)33-24(29)7-6-15-32-20-12-9-19(10-13-20)27(2,3)4/h5,8-13,16-17H,1,6-7,14-15H2,2-4H3,(H,28,30). The van der Waals surface area contributed by atoms with E-state index in [4.69, 9.17) is 13.9 Å². The minimum atomic E-state index is -0.773. The average Bonchev–Trinajstić information content (AvgIpc) is 2.79. The Labute approximate surface area is 198 Å². The molecule has 3 aromatic rings. The summed E-state index contributed by atoms with van der Waals surface area (Å²) in [5, 5.41) is 3.07. The van der Waals surface area contributed by atoms with Crippen molar-refractivity contribution in [2.75, 3.05) is 13.2 Å². The molecule has 0 fully saturated rings. The van der Waals surface area contributed by atoms with E-state index >= 15 is 0 Å². The van der Waals surface area contributed by atoms with Crippen molar-refractivity contribution < 1.29 is 23.5 Å². The molecule has 0 aliphatic rings. The fourth-order valence-electron chi connectivity index (χ4n) is 3.21. The van der Waals surface area contributed by atoms with Crippen LogP contribution in [0, 0.1) is 0 Å². The van der Waals surface area contributed by atoms with Crippen molar-refractivity contribution in [2.24, 2.45) is 0 Å². The lowest BCUT2D eigenvalue weighted by atomic mass is 9.87. The van der Waals surface area contributed by atoms with Crippen LogP contribution in [0.3, 0.4) is 0 Å². The maximum atomic E-state index is 12.2. The maximum absolute atomic E-state index is 12.2. The van der Waals surface area contributed by atoms with Crippen LogP contribution >= 0.6 is 0 Å². The number of esters is 1. The van der Waals surface area contributed by atoms with E-state index in [0.717, 1.165) is 5.75 Å². The Kier molecular flexibility index (Phi) is 7.89. The molecule has 0 aliphatic carbocycles. The van der Waals surface area contributed by atoms with Gasteiger partial charge in [0, 0.05) is 24.4 Å². The van der Waals surface area contributed by atoms with Gasteiger partial charge in [-0.15, -0.1) is 6.58 Å². The lowest BCUT2D eigenvalue weighted by molar-refractivity contribution is -0.134. The third kappa shape index (κ3) is 6.57. The third-order valence-electron chi connectivity index (χ3n) is 5.11. The summed E-state index contributed by atoms with van der Waals surface area (Å²) in [7, 11) is 0. The lowest BCUT2D eigenvalue weighted by Crippen LogP contribution is -2.28. The zero-order valence-electron chi connectivity index (χ0n) is 19.7. The Bertz CT molecular complexity index is 1230.